The molecule has 0 saturated heterocycles. The van der Waals surface area contributed by atoms with Crippen LogP contribution in [0.2, 0.25) is 0 Å². The van der Waals surface area contributed by atoms with E-state index in [1.165, 1.54) is 0 Å². The second kappa shape index (κ2) is 5.64. The Bertz CT molecular complexity index is 622. The number of rotatable bonds is 4. The predicted octanol–water partition coefficient (Wildman–Crippen LogP) is 5.24. The van der Waals surface area contributed by atoms with Gasteiger partial charge in [0.25, 0.3) is 0 Å². The minimum atomic E-state index is -7.22. The summed E-state index contributed by atoms with van der Waals surface area (Å²) in [7, 11) is 0. The maximum absolute atomic E-state index is 13.3. The van der Waals surface area contributed by atoms with Crippen LogP contribution in [-0.2, 0) is 0 Å². The summed E-state index contributed by atoms with van der Waals surface area (Å²) < 4.78 is 127. The summed E-state index contributed by atoms with van der Waals surface area (Å²) in [5.74, 6) is -25.9. The smallest absolute Gasteiger partial charge is 0.287 e. The Kier molecular flexibility index (Phi) is 4.83. The van der Waals surface area contributed by atoms with Gasteiger partial charge in [0.05, 0.1) is 5.56 Å². The summed E-state index contributed by atoms with van der Waals surface area (Å²) in [6.07, 6.45) is -7.06. The second-order valence-corrected chi connectivity index (χ2v) is 5.09. The third-order valence-electron chi connectivity index (χ3n) is 2.61. The van der Waals surface area contributed by atoms with Gasteiger partial charge < -0.3 is 0 Å². The lowest BCUT2D eigenvalue weighted by molar-refractivity contribution is -0.386. The number of ketones is 1. The Morgan fingerprint density at radius 1 is 0.870 bits per heavy atom. The zero-order valence-electron chi connectivity index (χ0n) is 10.3. The highest BCUT2D eigenvalue weighted by Crippen LogP contribution is 2.53. The first-order chi connectivity index (χ1) is 10.1. The molecule has 23 heavy (non-hydrogen) atoms. The van der Waals surface area contributed by atoms with Crippen LogP contribution in [0.4, 0.5) is 43.9 Å². The summed E-state index contributed by atoms with van der Waals surface area (Å²) >= 11 is 2.64. The average Bonchev–Trinajstić information content (AvgIpc) is 2.36. The van der Waals surface area contributed by atoms with Crippen molar-refractivity contribution < 1.29 is 48.7 Å². The van der Waals surface area contributed by atoms with Crippen molar-refractivity contribution in [1.82, 2.24) is 0 Å². The number of alkyl halides is 9. The maximum atomic E-state index is 13.3. The second-order valence-electron chi connectivity index (χ2n) is 4.17. The lowest BCUT2D eigenvalue weighted by Crippen LogP contribution is -2.63. The number of carbonyl (C=O) groups excluding carboxylic acids is 1. The van der Waals surface area contributed by atoms with E-state index in [0.29, 0.717) is 6.07 Å². The third-order valence-corrected chi connectivity index (χ3v) is 3.10. The van der Waals surface area contributed by atoms with Gasteiger partial charge in [-0.15, -0.1) is 0 Å². The molecule has 0 N–H and O–H groups in total. The fourth-order valence-corrected chi connectivity index (χ4v) is 1.69. The van der Waals surface area contributed by atoms with Gasteiger partial charge in [-0.25, -0.2) is 4.39 Å². The Hall–Kier alpha value is -1.33. The molecule has 0 aliphatic heterocycles. The van der Waals surface area contributed by atoms with Gasteiger partial charge in [0.2, 0.25) is 5.78 Å². The van der Waals surface area contributed by atoms with Crippen molar-refractivity contribution in [1.29, 1.82) is 0 Å². The van der Waals surface area contributed by atoms with Gasteiger partial charge in [0.1, 0.15) is 5.82 Å². The molecule has 0 unspecified atom stereocenters. The molecule has 1 aromatic rings. The first-order valence-electron chi connectivity index (χ1n) is 5.27. The van der Waals surface area contributed by atoms with E-state index in [1.807, 2.05) is 0 Å². The van der Waals surface area contributed by atoms with Gasteiger partial charge in [0.15, 0.2) is 0 Å². The summed E-state index contributed by atoms with van der Waals surface area (Å²) in [5.41, 5.74) is -1.77. The van der Waals surface area contributed by atoms with Crippen LogP contribution in [0.3, 0.4) is 0 Å². The zero-order chi connectivity index (χ0) is 18.4. The average molecular weight is 421 g/mol. The molecule has 0 aromatic heterocycles. The van der Waals surface area contributed by atoms with Gasteiger partial charge in [-0.05, 0) is 18.2 Å². The molecule has 0 fully saturated rings. The van der Waals surface area contributed by atoms with E-state index in [2.05, 4.69) is 15.9 Å². The highest BCUT2D eigenvalue weighted by atomic mass is 79.9. The van der Waals surface area contributed by atoms with Crippen LogP contribution >= 0.6 is 15.9 Å². The van der Waals surface area contributed by atoms with Crippen molar-refractivity contribution >= 4 is 21.7 Å². The van der Waals surface area contributed by atoms with E-state index < -0.39 is 41.1 Å². The van der Waals surface area contributed by atoms with Crippen molar-refractivity contribution in [2.45, 2.75) is 23.9 Å². The van der Waals surface area contributed by atoms with Crippen LogP contribution in [0.15, 0.2) is 22.7 Å². The van der Waals surface area contributed by atoms with Crippen LogP contribution in [0, 0.1) is 5.82 Å². The van der Waals surface area contributed by atoms with E-state index >= 15 is 0 Å². The highest BCUT2D eigenvalue weighted by Gasteiger charge is 2.83. The third kappa shape index (κ3) is 3.04. The lowest BCUT2D eigenvalue weighted by Gasteiger charge is -2.32. The quantitative estimate of drug-likeness (QED) is 0.481. The summed E-state index contributed by atoms with van der Waals surface area (Å²) in [4.78, 5) is 11.2. The number of halogens is 11. The van der Waals surface area contributed by atoms with E-state index in [-0.39, 0.29) is 10.5 Å². The van der Waals surface area contributed by atoms with E-state index in [0.717, 1.165) is 6.07 Å². The summed E-state index contributed by atoms with van der Waals surface area (Å²) in [6.45, 7) is 0. The van der Waals surface area contributed by atoms with Crippen molar-refractivity contribution in [3.8, 4) is 0 Å². The van der Waals surface area contributed by atoms with Gasteiger partial charge in [-0.2, -0.15) is 39.5 Å². The first kappa shape index (κ1) is 19.7. The zero-order valence-corrected chi connectivity index (χ0v) is 11.9. The fourth-order valence-electron chi connectivity index (χ4n) is 1.36. The van der Waals surface area contributed by atoms with Gasteiger partial charge >= 0.3 is 23.9 Å². The van der Waals surface area contributed by atoms with Gasteiger partial charge in [0, 0.05) is 4.47 Å². The number of hydrogen-bond donors (Lipinski definition) is 0. The molecule has 0 bridgehead atoms. The van der Waals surface area contributed by atoms with Gasteiger partial charge in [-0.3, -0.25) is 4.79 Å². The van der Waals surface area contributed by atoms with E-state index in [4.69, 9.17) is 0 Å². The number of carbonyl (C=O) groups is 1. The monoisotopic (exact) mass is 420 g/mol. The Morgan fingerprint density at radius 3 is 1.74 bits per heavy atom. The van der Waals surface area contributed by atoms with Crippen molar-refractivity contribution in [2.75, 3.05) is 0 Å². The standard InChI is InChI=1S/C11H3BrF10O/c12-4-1-2-5(6(13)3-4)7(23)8(14,15)9(16,17)10(18,19)11(20,21)22/h1-3H. The fraction of sp³-hybridized carbons (Fsp3) is 0.364. The molecule has 0 saturated carbocycles. The van der Waals surface area contributed by atoms with Crippen LogP contribution < -0.4 is 0 Å². The molecule has 0 aliphatic rings. The first-order valence-corrected chi connectivity index (χ1v) is 6.06. The minimum Gasteiger partial charge on any atom is -0.287 e. The van der Waals surface area contributed by atoms with Crippen LogP contribution in [0.25, 0.3) is 0 Å². The number of hydrogen-bond acceptors (Lipinski definition) is 1. The minimum absolute atomic E-state index is 0.123. The highest BCUT2D eigenvalue weighted by molar-refractivity contribution is 9.10. The molecule has 12 heteroatoms. The molecule has 1 aromatic carbocycles. The molecule has 0 heterocycles. The molecule has 0 radical (unpaired) electrons. The molecular formula is C11H3BrF10O. The molecule has 0 atom stereocenters. The van der Waals surface area contributed by atoms with E-state index in [9.17, 15) is 48.7 Å². The van der Waals surface area contributed by atoms with Crippen LogP contribution in [0.5, 0.6) is 0 Å². The molecule has 130 valence electrons. The molecular weight excluding hydrogens is 418 g/mol. The number of benzene rings is 1. The normalized spacial score (nSPS) is 14.0. The lowest BCUT2D eigenvalue weighted by atomic mass is 9.95. The predicted molar refractivity (Wildman–Crippen MR) is 59.3 cm³/mol. The maximum Gasteiger partial charge on any atom is 0.460 e. The molecule has 0 aliphatic carbocycles. The van der Waals surface area contributed by atoms with Crippen LogP contribution in [0.1, 0.15) is 10.4 Å². The van der Waals surface area contributed by atoms with Crippen molar-refractivity contribution in [3.05, 3.63) is 34.1 Å². The van der Waals surface area contributed by atoms with Crippen molar-refractivity contribution in [3.63, 3.8) is 0 Å². The summed E-state index contributed by atoms with van der Waals surface area (Å²) in [5, 5.41) is 0. The Morgan fingerprint density at radius 2 is 1.35 bits per heavy atom. The molecule has 1 rings (SSSR count). The Labute approximate surface area is 129 Å². The van der Waals surface area contributed by atoms with Gasteiger partial charge in [-0.1, -0.05) is 15.9 Å². The molecule has 0 spiro atoms. The number of Topliss-reactive ketones (excluding diaryl/α,β-unsaturated/α-hetero) is 1. The largest absolute Gasteiger partial charge is 0.460 e. The topological polar surface area (TPSA) is 17.1 Å². The van der Waals surface area contributed by atoms with Crippen molar-refractivity contribution in [2.24, 2.45) is 0 Å². The van der Waals surface area contributed by atoms with E-state index in [1.54, 1.807) is 0 Å². The van der Waals surface area contributed by atoms with Crippen LogP contribution in [-0.4, -0.2) is 29.7 Å². The Balaban J connectivity index is 3.42. The SMILES string of the molecule is O=C(c1ccc(Br)cc1F)C(F)(F)C(F)(F)C(F)(F)C(F)(F)F. The molecule has 1 nitrogen and oxygen atoms in total. The summed E-state index contributed by atoms with van der Waals surface area (Å²) in [6, 6.07) is 1.33. The molecule has 0 amide bonds.